The number of amides is 1. The number of imidazole rings is 1. The molecule has 0 radical (unpaired) electrons. The Bertz CT molecular complexity index is 570. The number of carbonyl (C=O) groups is 1. The number of hydrogen-bond acceptors (Lipinski definition) is 5. The Kier molecular flexibility index (Phi) is 4.09. The molecule has 1 aliphatic rings. The van der Waals surface area contributed by atoms with Crippen molar-refractivity contribution in [2.24, 2.45) is 0 Å². The molecule has 0 spiro atoms. The largest absolute Gasteiger partial charge is 0.350 e. The summed E-state index contributed by atoms with van der Waals surface area (Å²) in [6.07, 6.45) is 10.6. The molecule has 2 aromatic heterocycles. The van der Waals surface area contributed by atoms with Crippen LogP contribution in [0.25, 0.3) is 0 Å². The lowest BCUT2D eigenvalue weighted by Crippen LogP contribution is -2.49. The Balaban J connectivity index is 1.55. The van der Waals surface area contributed by atoms with Gasteiger partial charge >= 0.3 is 0 Å². The first kappa shape index (κ1) is 13.5. The Morgan fingerprint density at radius 1 is 1.33 bits per heavy atom. The highest BCUT2D eigenvalue weighted by molar-refractivity contribution is 5.76. The molecule has 1 saturated heterocycles. The van der Waals surface area contributed by atoms with Gasteiger partial charge in [0.1, 0.15) is 6.54 Å². The first-order valence-corrected chi connectivity index (χ1v) is 7.08. The molecule has 0 bridgehead atoms. The van der Waals surface area contributed by atoms with Gasteiger partial charge in [-0.05, 0) is 18.9 Å². The fourth-order valence-electron chi connectivity index (χ4n) is 2.55. The molecule has 7 nitrogen and oxygen atoms in total. The van der Waals surface area contributed by atoms with E-state index in [4.69, 9.17) is 0 Å². The van der Waals surface area contributed by atoms with E-state index >= 15 is 0 Å². The molecule has 0 unspecified atom stereocenters. The Morgan fingerprint density at radius 2 is 2.19 bits per heavy atom. The van der Waals surface area contributed by atoms with Crippen molar-refractivity contribution in [3.05, 3.63) is 37.2 Å². The van der Waals surface area contributed by atoms with Crippen molar-refractivity contribution in [2.75, 3.05) is 18.0 Å². The molecule has 0 aromatic carbocycles. The van der Waals surface area contributed by atoms with Gasteiger partial charge in [-0.3, -0.25) is 4.79 Å². The molecule has 0 aliphatic carbocycles. The molecule has 1 amide bonds. The molecule has 1 fully saturated rings. The Hall–Kier alpha value is -2.44. The van der Waals surface area contributed by atoms with E-state index in [0.717, 1.165) is 31.9 Å². The summed E-state index contributed by atoms with van der Waals surface area (Å²) in [6.45, 7) is 1.98. The molecule has 21 heavy (non-hydrogen) atoms. The Morgan fingerprint density at radius 3 is 2.95 bits per heavy atom. The van der Waals surface area contributed by atoms with E-state index < -0.39 is 0 Å². The smallest absolute Gasteiger partial charge is 0.240 e. The third-order valence-electron chi connectivity index (χ3n) is 3.51. The maximum Gasteiger partial charge on any atom is 0.240 e. The van der Waals surface area contributed by atoms with Crippen LogP contribution in [-0.4, -0.2) is 44.6 Å². The van der Waals surface area contributed by atoms with Gasteiger partial charge in [0.2, 0.25) is 11.9 Å². The number of piperidine rings is 1. The number of carbonyl (C=O) groups excluding carboxylic acids is 1. The van der Waals surface area contributed by atoms with Gasteiger partial charge in [0.15, 0.2) is 0 Å². The zero-order valence-electron chi connectivity index (χ0n) is 11.7. The van der Waals surface area contributed by atoms with Crippen molar-refractivity contribution in [3.63, 3.8) is 0 Å². The summed E-state index contributed by atoms with van der Waals surface area (Å²) in [7, 11) is 0. The summed E-state index contributed by atoms with van der Waals surface area (Å²) in [5, 5.41) is 3.07. The zero-order valence-corrected chi connectivity index (χ0v) is 11.7. The van der Waals surface area contributed by atoms with Crippen LogP contribution in [0.3, 0.4) is 0 Å². The zero-order chi connectivity index (χ0) is 14.5. The van der Waals surface area contributed by atoms with Gasteiger partial charge in [0, 0.05) is 43.9 Å². The third-order valence-corrected chi connectivity index (χ3v) is 3.51. The van der Waals surface area contributed by atoms with E-state index in [1.54, 1.807) is 41.7 Å². The van der Waals surface area contributed by atoms with Gasteiger partial charge < -0.3 is 14.8 Å². The average Bonchev–Trinajstić information content (AvgIpc) is 3.01. The minimum atomic E-state index is 0.00818. The van der Waals surface area contributed by atoms with Crippen LogP contribution >= 0.6 is 0 Å². The second kappa shape index (κ2) is 6.34. The van der Waals surface area contributed by atoms with Gasteiger partial charge in [-0.2, -0.15) is 0 Å². The summed E-state index contributed by atoms with van der Waals surface area (Å²) in [4.78, 5) is 26.6. The van der Waals surface area contributed by atoms with Crippen LogP contribution in [0.2, 0.25) is 0 Å². The minimum Gasteiger partial charge on any atom is -0.350 e. The van der Waals surface area contributed by atoms with E-state index in [-0.39, 0.29) is 11.9 Å². The maximum absolute atomic E-state index is 12.0. The lowest BCUT2D eigenvalue weighted by Gasteiger charge is -2.33. The second-order valence-electron chi connectivity index (χ2n) is 5.14. The predicted molar refractivity (Wildman–Crippen MR) is 77.6 cm³/mol. The fraction of sp³-hybridized carbons (Fsp3) is 0.429. The standard InChI is InChI=1S/C14H18N6O/c21-13(10-19-8-6-15-11-19)18-12-3-1-7-20(9-12)14-16-4-2-5-17-14/h2,4-6,8,11-12H,1,3,7,9-10H2,(H,18,21)/t12-/m0/s1. The first-order valence-electron chi connectivity index (χ1n) is 7.08. The highest BCUT2D eigenvalue weighted by Gasteiger charge is 2.22. The van der Waals surface area contributed by atoms with Crippen LogP contribution in [-0.2, 0) is 11.3 Å². The van der Waals surface area contributed by atoms with E-state index in [0.29, 0.717) is 6.54 Å². The molecule has 2 aromatic rings. The topological polar surface area (TPSA) is 75.9 Å². The number of nitrogens with one attached hydrogen (secondary N) is 1. The highest BCUT2D eigenvalue weighted by Crippen LogP contribution is 2.15. The van der Waals surface area contributed by atoms with E-state index in [2.05, 4.69) is 25.2 Å². The van der Waals surface area contributed by atoms with Gasteiger partial charge in [0.05, 0.1) is 6.33 Å². The molecular weight excluding hydrogens is 268 g/mol. The van der Waals surface area contributed by atoms with Crippen molar-refractivity contribution >= 4 is 11.9 Å². The SMILES string of the molecule is O=C(Cn1ccnc1)N[C@H]1CCCN(c2ncccn2)C1. The van der Waals surface area contributed by atoms with Gasteiger partial charge in [-0.25, -0.2) is 15.0 Å². The number of aromatic nitrogens is 4. The molecule has 3 heterocycles. The monoisotopic (exact) mass is 286 g/mol. The summed E-state index contributed by atoms with van der Waals surface area (Å²) in [5.41, 5.74) is 0. The summed E-state index contributed by atoms with van der Waals surface area (Å²) in [5.74, 6) is 0.736. The molecule has 1 N–H and O–H groups in total. The van der Waals surface area contributed by atoms with Gasteiger partial charge in [0.25, 0.3) is 0 Å². The van der Waals surface area contributed by atoms with Crippen LogP contribution in [0.15, 0.2) is 37.2 Å². The van der Waals surface area contributed by atoms with E-state index in [9.17, 15) is 4.79 Å². The molecule has 3 rings (SSSR count). The number of nitrogens with zero attached hydrogens (tertiary/aromatic N) is 5. The van der Waals surface area contributed by atoms with Crippen molar-refractivity contribution in [3.8, 4) is 0 Å². The van der Waals surface area contributed by atoms with Crippen LogP contribution in [0.4, 0.5) is 5.95 Å². The van der Waals surface area contributed by atoms with E-state index in [1.165, 1.54) is 0 Å². The number of anilines is 1. The summed E-state index contributed by atoms with van der Waals surface area (Å²) < 4.78 is 1.76. The molecule has 110 valence electrons. The van der Waals surface area contributed by atoms with Crippen LogP contribution in [0.5, 0.6) is 0 Å². The molecule has 0 saturated carbocycles. The van der Waals surface area contributed by atoms with Crippen molar-refractivity contribution < 1.29 is 4.79 Å². The van der Waals surface area contributed by atoms with E-state index in [1.807, 2.05) is 0 Å². The normalized spacial score (nSPS) is 18.5. The number of rotatable bonds is 4. The molecule has 7 heteroatoms. The predicted octanol–water partition coefficient (Wildman–Crippen LogP) is 0.458. The first-order chi connectivity index (χ1) is 10.3. The minimum absolute atomic E-state index is 0.00818. The molecular formula is C14H18N6O. The van der Waals surface area contributed by atoms with Crippen LogP contribution in [0.1, 0.15) is 12.8 Å². The second-order valence-corrected chi connectivity index (χ2v) is 5.14. The lowest BCUT2D eigenvalue weighted by atomic mass is 10.1. The molecule has 1 atom stereocenters. The average molecular weight is 286 g/mol. The van der Waals surface area contributed by atoms with Crippen molar-refractivity contribution in [1.82, 2.24) is 24.8 Å². The number of hydrogen-bond donors (Lipinski definition) is 1. The third kappa shape index (κ3) is 3.56. The van der Waals surface area contributed by atoms with Crippen molar-refractivity contribution in [2.45, 2.75) is 25.4 Å². The Labute approximate surface area is 123 Å². The highest BCUT2D eigenvalue weighted by atomic mass is 16.2. The molecule has 1 aliphatic heterocycles. The maximum atomic E-state index is 12.0. The van der Waals surface area contributed by atoms with Gasteiger partial charge in [-0.1, -0.05) is 0 Å². The fourth-order valence-corrected chi connectivity index (χ4v) is 2.55. The van der Waals surface area contributed by atoms with Gasteiger partial charge in [-0.15, -0.1) is 0 Å². The summed E-state index contributed by atoms with van der Waals surface area (Å²) in [6, 6.07) is 1.94. The van der Waals surface area contributed by atoms with Crippen LogP contribution < -0.4 is 10.2 Å². The summed E-state index contributed by atoms with van der Waals surface area (Å²) >= 11 is 0. The quantitative estimate of drug-likeness (QED) is 0.883. The van der Waals surface area contributed by atoms with Crippen LogP contribution in [0, 0.1) is 0 Å². The lowest BCUT2D eigenvalue weighted by molar-refractivity contribution is -0.122. The van der Waals surface area contributed by atoms with Crippen molar-refractivity contribution in [1.29, 1.82) is 0 Å².